The van der Waals surface area contributed by atoms with Crippen LogP contribution in [0, 0.1) is 0 Å². The number of nitrogens with zero attached hydrogens (tertiary/aromatic N) is 5. The molecule has 0 saturated carbocycles. The monoisotopic (exact) mass is 436 g/mol. The summed E-state index contributed by atoms with van der Waals surface area (Å²) >= 11 is 3.62. The van der Waals surface area contributed by atoms with Crippen LogP contribution in [0.2, 0.25) is 0 Å². The van der Waals surface area contributed by atoms with E-state index in [1.165, 1.54) is 5.56 Å². The van der Waals surface area contributed by atoms with Crippen molar-refractivity contribution in [2.75, 3.05) is 33.9 Å². The summed E-state index contributed by atoms with van der Waals surface area (Å²) in [6.45, 7) is 5.85. The maximum absolute atomic E-state index is 5.12. The highest BCUT2D eigenvalue weighted by Crippen LogP contribution is 2.17. The summed E-state index contributed by atoms with van der Waals surface area (Å²) in [5.41, 5.74) is 1.22. The van der Waals surface area contributed by atoms with Gasteiger partial charge in [0.05, 0.1) is 0 Å². The minimum absolute atomic E-state index is 0.714. The van der Waals surface area contributed by atoms with Crippen molar-refractivity contribution in [1.82, 2.24) is 25.0 Å². The summed E-state index contributed by atoms with van der Waals surface area (Å²) in [6.07, 6.45) is 3.55. The van der Waals surface area contributed by atoms with E-state index in [0.717, 1.165) is 55.3 Å². The Kier molecular flexibility index (Phi) is 9.27. The van der Waals surface area contributed by atoms with Gasteiger partial charge in [-0.1, -0.05) is 41.1 Å². The average molecular weight is 437 g/mol. The molecule has 0 aliphatic carbocycles. The summed E-state index contributed by atoms with van der Waals surface area (Å²) in [7, 11) is 3.77. The standard InChI is InChI=1S/C19H29BrN6O/c1-4-18-24-23-15-26(18)12-11-22-19(21-10-7-13-27-3)25(2)14-16-8-5-6-9-17(16)20/h5-6,8-9,15H,4,7,10-14H2,1-3H3,(H,21,22). The molecule has 0 spiro atoms. The maximum atomic E-state index is 5.12. The van der Waals surface area contributed by atoms with Gasteiger partial charge in [-0.3, -0.25) is 4.99 Å². The van der Waals surface area contributed by atoms with E-state index in [0.29, 0.717) is 6.61 Å². The first-order chi connectivity index (χ1) is 13.2. The van der Waals surface area contributed by atoms with Crippen molar-refractivity contribution < 1.29 is 4.74 Å². The molecule has 0 amide bonds. The first-order valence-electron chi connectivity index (χ1n) is 9.24. The number of halogens is 1. The summed E-state index contributed by atoms with van der Waals surface area (Å²) < 4.78 is 8.30. The van der Waals surface area contributed by atoms with Crippen molar-refractivity contribution in [3.63, 3.8) is 0 Å². The smallest absolute Gasteiger partial charge is 0.194 e. The molecule has 1 N–H and O–H groups in total. The zero-order valence-electron chi connectivity index (χ0n) is 16.4. The van der Waals surface area contributed by atoms with Gasteiger partial charge >= 0.3 is 0 Å². The molecule has 0 bridgehead atoms. The van der Waals surface area contributed by atoms with Crippen molar-refractivity contribution in [3.05, 3.63) is 46.5 Å². The fourth-order valence-corrected chi connectivity index (χ4v) is 3.10. The SMILES string of the molecule is CCc1nncn1CCNC(=NCCCOC)N(C)Cc1ccccc1Br. The third kappa shape index (κ3) is 6.95. The number of ether oxygens (including phenoxy) is 1. The fraction of sp³-hybridized carbons (Fsp3) is 0.526. The molecule has 148 valence electrons. The fourth-order valence-electron chi connectivity index (χ4n) is 2.69. The summed E-state index contributed by atoms with van der Waals surface area (Å²) in [5, 5.41) is 11.6. The highest BCUT2D eigenvalue weighted by molar-refractivity contribution is 9.10. The lowest BCUT2D eigenvalue weighted by Crippen LogP contribution is -2.40. The number of aliphatic imine (C=N–C) groups is 1. The van der Waals surface area contributed by atoms with E-state index in [4.69, 9.17) is 9.73 Å². The molecule has 7 nitrogen and oxygen atoms in total. The first-order valence-corrected chi connectivity index (χ1v) is 10.0. The van der Waals surface area contributed by atoms with Gasteiger partial charge in [0.1, 0.15) is 12.2 Å². The molecule has 1 aromatic heterocycles. The predicted octanol–water partition coefficient (Wildman–Crippen LogP) is 2.72. The molecule has 0 atom stereocenters. The zero-order chi connectivity index (χ0) is 19.5. The second-order valence-electron chi connectivity index (χ2n) is 6.22. The second kappa shape index (κ2) is 11.7. The van der Waals surface area contributed by atoms with Crippen molar-refractivity contribution in [2.45, 2.75) is 32.9 Å². The van der Waals surface area contributed by atoms with E-state index in [1.54, 1.807) is 13.4 Å². The van der Waals surface area contributed by atoms with E-state index in [-0.39, 0.29) is 0 Å². The van der Waals surface area contributed by atoms with Gasteiger partial charge in [0.2, 0.25) is 0 Å². The number of hydrogen-bond acceptors (Lipinski definition) is 4. The third-order valence-corrected chi connectivity index (χ3v) is 4.92. The van der Waals surface area contributed by atoms with Crippen molar-refractivity contribution in [3.8, 4) is 0 Å². The molecule has 0 fully saturated rings. The minimum Gasteiger partial charge on any atom is -0.385 e. The highest BCUT2D eigenvalue weighted by Gasteiger charge is 2.09. The first kappa shape index (κ1) is 21.4. The van der Waals surface area contributed by atoms with E-state index in [1.807, 2.05) is 6.07 Å². The molecule has 0 saturated heterocycles. The topological polar surface area (TPSA) is 67.6 Å². The minimum atomic E-state index is 0.714. The Morgan fingerprint density at radius 1 is 1.37 bits per heavy atom. The number of rotatable bonds is 10. The highest BCUT2D eigenvalue weighted by atomic mass is 79.9. The molecule has 1 heterocycles. The quantitative estimate of drug-likeness (QED) is 0.352. The summed E-state index contributed by atoms with van der Waals surface area (Å²) in [4.78, 5) is 6.88. The van der Waals surface area contributed by atoms with Crippen LogP contribution in [0.15, 0.2) is 40.1 Å². The number of aryl methyl sites for hydroxylation is 1. The largest absolute Gasteiger partial charge is 0.385 e. The van der Waals surface area contributed by atoms with Crippen LogP contribution < -0.4 is 5.32 Å². The number of benzene rings is 1. The van der Waals surface area contributed by atoms with Crippen LogP contribution >= 0.6 is 15.9 Å². The van der Waals surface area contributed by atoms with Crippen LogP contribution in [0.25, 0.3) is 0 Å². The van der Waals surface area contributed by atoms with E-state index < -0.39 is 0 Å². The molecule has 27 heavy (non-hydrogen) atoms. The predicted molar refractivity (Wildman–Crippen MR) is 112 cm³/mol. The number of methoxy groups -OCH3 is 1. The molecular weight excluding hydrogens is 408 g/mol. The molecular formula is C19H29BrN6O. The lowest BCUT2D eigenvalue weighted by Gasteiger charge is -2.23. The Bertz CT molecular complexity index is 718. The normalized spacial score (nSPS) is 11.6. The molecule has 0 aliphatic heterocycles. The van der Waals surface area contributed by atoms with Crippen LogP contribution in [-0.4, -0.2) is 59.5 Å². The molecule has 0 unspecified atom stereocenters. The van der Waals surface area contributed by atoms with Crippen LogP contribution in [0.5, 0.6) is 0 Å². The van der Waals surface area contributed by atoms with E-state index in [9.17, 15) is 0 Å². The van der Waals surface area contributed by atoms with Gasteiger partial charge in [0.25, 0.3) is 0 Å². The Morgan fingerprint density at radius 3 is 2.93 bits per heavy atom. The van der Waals surface area contributed by atoms with Gasteiger partial charge in [-0.2, -0.15) is 0 Å². The Morgan fingerprint density at radius 2 is 2.19 bits per heavy atom. The van der Waals surface area contributed by atoms with Gasteiger partial charge in [-0.15, -0.1) is 10.2 Å². The van der Waals surface area contributed by atoms with E-state index >= 15 is 0 Å². The molecule has 2 aromatic rings. The second-order valence-corrected chi connectivity index (χ2v) is 7.07. The lowest BCUT2D eigenvalue weighted by atomic mass is 10.2. The molecule has 0 aliphatic rings. The lowest BCUT2D eigenvalue weighted by molar-refractivity contribution is 0.197. The Hall–Kier alpha value is -1.93. The Labute approximate surface area is 170 Å². The van der Waals surface area contributed by atoms with Gasteiger partial charge in [-0.25, -0.2) is 0 Å². The van der Waals surface area contributed by atoms with Crippen LogP contribution in [0.1, 0.15) is 24.7 Å². The van der Waals surface area contributed by atoms with Gasteiger partial charge < -0.3 is 19.5 Å². The summed E-state index contributed by atoms with van der Waals surface area (Å²) in [5.74, 6) is 1.88. The van der Waals surface area contributed by atoms with Crippen LogP contribution in [0.3, 0.4) is 0 Å². The summed E-state index contributed by atoms with van der Waals surface area (Å²) in [6, 6.07) is 8.25. The maximum Gasteiger partial charge on any atom is 0.194 e. The number of guanidine groups is 1. The van der Waals surface area contributed by atoms with Crippen molar-refractivity contribution >= 4 is 21.9 Å². The Balaban J connectivity index is 1.98. The molecule has 0 radical (unpaired) electrons. The molecule has 2 rings (SSSR count). The van der Waals surface area contributed by atoms with Gasteiger partial charge in [0, 0.05) is 57.8 Å². The average Bonchev–Trinajstić information content (AvgIpc) is 3.13. The third-order valence-electron chi connectivity index (χ3n) is 4.14. The molecule has 1 aromatic carbocycles. The van der Waals surface area contributed by atoms with Gasteiger partial charge in [0.15, 0.2) is 5.96 Å². The zero-order valence-corrected chi connectivity index (χ0v) is 17.9. The number of aromatic nitrogens is 3. The van der Waals surface area contributed by atoms with Crippen molar-refractivity contribution in [2.24, 2.45) is 4.99 Å². The van der Waals surface area contributed by atoms with Crippen molar-refractivity contribution in [1.29, 1.82) is 0 Å². The molecule has 8 heteroatoms. The van der Waals surface area contributed by atoms with E-state index in [2.05, 4.69) is 73.1 Å². The van der Waals surface area contributed by atoms with Crippen LogP contribution in [0.4, 0.5) is 0 Å². The van der Waals surface area contributed by atoms with Gasteiger partial charge in [-0.05, 0) is 18.1 Å². The number of hydrogen-bond donors (Lipinski definition) is 1. The number of nitrogens with one attached hydrogen (secondary N) is 1. The van der Waals surface area contributed by atoms with Crippen LogP contribution in [-0.2, 0) is 24.2 Å².